The van der Waals surface area contributed by atoms with E-state index < -0.39 is 0 Å². The van der Waals surface area contributed by atoms with Gasteiger partial charge in [-0.05, 0) is 0 Å². The van der Waals surface area contributed by atoms with Gasteiger partial charge in [0.2, 0.25) is 0 Å². The van der Waals surface area contributed by atoms with Gasteiger partial charge in [0.25, 0.3) is 0 Å². The normalized spacial score (nSPS) is 8.00. The molecule has 0 atom stereocenters. The number of rotatable bonds is 4. The lowest BCUT2D eigenvalue weighted by molar-refractivity contribution is 1.81. The van der Waals surface area contributed by atoms with Crippen LogP contribution in [0, 0.1) is 5.75 Å². The van der Waals surface area contributed by atoms with Crippen molar-refractivity contribution in [3.63, 3.8) is 0 Å². The average Bonchev–Trinajstić information content (AvgIpc) is 1.69. The van der Waals surface area contributed by atoms with Gasteiger partial charge in [-0.2, -0.15) is 0 Å². The Morgan fingerprint density at radius 3 is 2.57 bits per heavy atom. The molecule has 0 fully saturated rings. The van der Waals surface area contributed by atoms with E-state index in [1.807, 2.05) is 11.8 Å². The Balaban J connectivity index is 2.68. The Bertz CT molecular complexity index is 49.2. The van der Waals surface area contributed by atoms with Gasteiger partial charge in [0.1, 0.15) is 0 Å². The molecule has 7 heavy (non-hydrogen) atoms. The standard InChI is InChI=1S/C6H9S/c1-3-5-7-6-4-2/h3-5H,1-2,6H2/i6+1. The maximum absolute atomic E-state index is 3.56. The van der Waals surface area contributed by atoms with Crippen molar-refractivity contribution in [3.05, 3.63) is 31.1 Å². The van der Waals surface area contributed by atoms with E-state index in [-0.39, 0.29) is 0 Å². The van der Waals surface area contributed by atoms with Gasteiger partial charge in [-0.25, -0.2) is 0 Å². The fourth-order valence-electron chi connectivity index (χ4n) is 0.192. The number of hydrogen-bond donors (Lipinski definition) is 0. The fraction of sp³-hybridized carbons (Fsp3) is 0.167. The van der Waals surface area contributed by atoms with Crippen LogP contribution in [-0.4, -0.2) is 5.75 Å². The van der Waals surface area contributed by atoms with Crippen LogP contribution < -0.4 is 0 Å². The molecule has 1 heteroatoms. The van der Waals surface area contributed by atoms with Gasteiger partial charge in [-0.3, -0.25) is 0 Å². The van der Waals surface area contributed by atoms with Gasteiger partial charge >= 0.3 is 0 Å². The third-order valence-electron chi connectivity index (χ3n) is 0.407. The molecule has 0 aromatic carbocycles. The van der Waals surface area contributed by atoms with E-state index in [1.54, 1.807) is 17.8 Å². The molecule has 0 aromatic rings. The summed E-state index contributed by atoms with van der Waals surface area (Å²) in [5.74, 6) is 2.92. The average molecular weight is 114 g/mol. The van der Waals surface area contributed by atoms with E-state index in [1.165, 1.54) is 0 Å². The van der Waals surface area contributed by atoms with E-state index in [2.05, 4.69) is 13.2 Å². The molecule has 1 radical (unpaired) electrons. The molecule has 0 unspecified atom stereocenters. The van der Waals surface area contributed by atoms with Crippen LogP contribution in [0.25, 0.3) is 0 Å². The van der Waals surface area contributed by atoms with Crippen molar-refractivity contribution < 1.29 is 0 Å². The first-order chi connectivity index (χ1) is 3.41. The molecule has 0 aromatic heterocycles. The zero-order chi connectivity index (χ0) is 5.54. The van der Waals surface area contributed by atoms with Crippen molar-refractivity contribution in [3.8, 4) is 0 Å². The second-order valence-electron chi connectivity index (χ2n) is 0.994. The molecular weight excluding hydrogens is 105 g/mol. The van der Waals surface area contributed by atoms with Crippen LogP contribution in [0.2, 0.25) is 0 Å². The summed E-state index contributed by atoms with van der Waals surface area (Å²) < 4.78 is 0. The first-order valence-electron chi connectivity index (χ1n) is 2.08. The van der Waals surface area contributed by atoms with E-state index >= 15 is 0 Å². The zero-order valence-corrected chi connectivity index (χ0v) is 5.08. The molecule has 0 saturated carbocycles. The van der Waals surface area contributed by atoms with Crippen LogP contribution in [0.15, 0.2) is 25.3 Å². The molecule has 0 amide bonds. The van der Waals surface area contributed by atoms with E-state index in [0.29, 0.717) is 0 Å². The lowest BCUT2D eigenvalue weighted by Gasteiger charge is -1.84. The van der Waals surface area contributed by atoms with Gasteiger partial charge < -0.3 is 0 Å². The Kier molecular flexibility index (Phi) is 5.69. The van der Waals surface area contributed by atoms with Crippen LogP contribution in [0.3, 0.4) is 0 Å². The molecule has 0 heterocycles. The fourth-order valence-corrected chi connectivity index (χ4v) is 0.575. The van der Waals surface area contributed by atoms with Crippen LogP contribution in [0.5, 0.6) is 0 Å². The lowest BCUT2D eigenvalue weighted by atomic mass is 10.8. The monoisotopic (exact) mass is 114 g/mol. The minimum atomic E-state index is 0.978. The van der Waals surface area contributed by atoms with Crippen molar-refractivity contribution in [2.24, 2.45) is 0 Å². The second-order valence-corrected chi connectivity index (χ2v) is 1.93. The predicted octanol–water partition coefficient (Wildman–Crippen LogP) is 2.25. The van der Waals surface area contributed by atoms with Crippen molar-refractivity contribution in [2.75, 3.05) is 5.75 Å². The van der Waals surface area contributed by atoms with E-state index in [0.717, 1.165) is 5.75 Å². The van der Waals surface area contributed by atoms with Crippen molar-refractivity contribution >= 4 is 11.8 Å². The molecule has 0 N–H and O–H groups in total. The van der Waals surface area contributed by atoms with E-state index in [9.17, 15) is 0 Å². The summed E-state index contributed by atoms with van der Waals surface area (Å²) in [6.07, 6.45) is 3.64. The summed E-state index contributed by atoms with van der Waals surface area (Å²) in [5.41, 5.74) is 0. The molecule has 0 bridgehead atoms. The largest absolute Gasteiger partial charge is 0.149 e. The summed E-state index contributed by atoms with van der Waals surface area (Å²) in [5, 5.41) is 0. The molecule has 0 rings (SSSR count). The first-order valence-corrected chi connectivity index (χ1v) is 3.13. The highest BCUT2D eigenvalue weighted by Crippen LogP contribution is 2.03. The molecule has 0 nitrogen and oxygen atoms in total. The molecular formula is C6H9S. The van der Waals surface area contributed by atoms with Gasteiger partial charge in [0.15, 0.2) is 0 Å². The van der Waals surface area contributed by atoms with Gasteiger partial charge in [-0.15, -0.1) is 24.9 Å². The maximum Gasteiger partial charge on any atom is 0.0381 e. The molecule has 0 aliphatic heterocycles. The highest BCUT2D eigenvalue weighted by atomic mass is 32.2. The molecule has 0 saturated heterocycles. The first kappa shape index (κ1) is 6.83. The van der Waals surface area contributed by atoms with Crippen LogP contribution >= 0.6 is 11.8 Å². The quantitative estimate of drug-likeness (QED) is 0.307. The second kappa shape index (κ2) is 5.83. The SMILES string of the molecule is C=C[CH]S[13CH2]C=C. The van der Waals surface area contributed by atoms with Crippen LogP contribution in [-0.2, 0) is 0 Å². The Labute approximate surface area is 49.3 Å². The molecule has 0 aliphatic rings. The van der Waals surface area contributed by atoms with Crippen molar-refractivity contribution in [2.45, 2.75) is 0 Å². The smallest absolute Gasteiger partial charge is 0.0381 e. The van der Waals surface area contributed by atoms with Crippen LogP contribution in [0.4, 0.5) is 0 Å². The zero-order valence-electron chi connectivity index (χ0n) is 4.26. The maximum atomic E-state index is 3.56. The summed E-state index contributed by atoms with van der Waals surface area (Å²) in [6.45, 7) is 7.08. The minimum absolute atomic E-state index is 0.978. The number of hydrogen-bond acceptors (Lipinski definition) is 1. The Morgan fingerprint density at radius 1 is 1.43 bits per heavy atom. The minimum Gasteiger partial charge on any atom is -0.149 e. The van der Waals surface area contributed by atoms with Crippen molar-refractivity contribution in [1.29, 1.82) is 0 Å². The molecule has 39 valence electrons. The summed E-state index contributed by atoms with van der Waals surface area (Å²) in [7, 11) is 0. The summed E-state index contributed by atoms with van der Waals surface area (Å²) in [6, 6.07) is 0. The van der Waals surface area contributed by atoms with Gasteiger partial charge in [-0.1, -0.05) is 12.2 Å². The third kappa shape index (κ3) is 5.83. The van der Waals surface area contributed by atoms with Gasteiger partial charge in [0, 0.05) is 11.5 Å². The lowest BCUT2D eigenvalue weighted by Crippen LogP contribution is -1.63. The third-order valence-corrected chi connectivity index (χ3v) is 1.22. The van der Waals surface area contributed by atoms with Gasteiger partial charge in [0.05, 0.1) is 0 Å². The topological polar surface area (TPSA) is 0 Å². The Morgan fingerprint density at radius 2 is 2.14 bits per heavy atom. The molecule has 0 spiro atoms. The summed E-state index contributed by atoms with van der Waals surface area (Å²) in [4.78, 5) is 0. The highest BCUT2D eigenvalue weighted by molar-refractivity contribution is 8.01. The number of thioether (sulfide) groups is 1. The molecule has 0 aliphatic carbocycles. The predicted molar refractivity (Wildman–Crippen MR) is 37.2 cm³/mol. The van der Waals surface area contributed by atoms with Crippen LogP contribution in [0.1, 0.15) is 0 Å². The highest BCUT2D eigenvalue weighted by Gasteiger charge is 1.74. The van der Waals surface area contributed by atoms with Crippen molar-refractivity contribution in [1.82, 2.24) is 0 Å². The van der Waals surface area contributed by atoms with E-state index in [4.69, 9.17) is 0 Å². The Hall–Kier alpha value is -0.170. The summed E-state index contributed by atoms with van der Waals surface area (Å²) >= 11 is 1.69.